The monoisotopic (exact) mass is 357 g/mol. The van der Waals surface area contributed by atoms with E-state index in [0.717, 1.165) is 32.7 Å². The van der Waals surface area contributed by atoms with Crippen LogP contribution in [0.5, 0.6) is 0 Å². The van der Waals surface area contributed by atoms with Crippen LogP contribution in [0.25, 0.3) is 0 Å². The Hall–Kier alpha value is -1.43. The molecule has 1 aromatic rings. The minimum atomic E-state index is 0.141. The lowest BCUT2D eigenvalue weighted by molar-refractivity contribution is -0.131. The maximum absolute atomic E-state index is 12.5. The molecule has 0 aliphatic carbocycles. The van der Waals surface area contributed by atoms with Gasteiger partial charge in [0.05, 0.1) is 19.4 Å². The Morgan fingerprint density at radius 2 is 1.96 bits per heavy atom. The molecule has 0 aromatic heterocycles. The zero-order chi connectivity index (χ0) is 17.9. The molecule has 5 heteroatoms. The van der Waals surface area contributed by atoms with Gasteiger partial charge in [-0.15, -0.1) is 0 Å². The lowest BCUT2D eigenvalue weighted by atomic mass is 9.91. The molecular formula is C21H31N3O2. The lowest BCUT2D eigenvalue weighted by Crippen LogP contribution is -2.61. The van der Waals surface area contributed by atoms with Crippen LogP contribution in [0.15, 0.2) is 30.3 Å². The minimum absolute atomic E-state index is 0.141. The summed E-state index contributed by atoms with van der Waals surface area (Å²) in [4.78, 5) is 17.6. The van der Waals surface area contributed by atoms with E-state index in [0.29, 0.717) is 24.5 Å². The summed E-state index contributed by atoms with van der Waals surface area (Å²) in [7, 11) is 0. The Labute approximate surface area is 156 Å². The molecule has 1 amide bonds. The van der Waals surface area contributed by atoms with E-state index in [1.165, 1.54) is 24.8 Å². The van der Waals surface area contributed by atoms with Gasteiger partial charge in [0, 0.05) is 37.6 Å². The Morgan fingerprint density at radius 1 is 1.12 bits per heavy atom. The molecule has 0 spiro atoms. The van der Waals surface area contributed by atoms with Crippen LogP contribution in [0.1, 0.15) is 50.6 Å². The molecule has 1 N–H and O–H groups in total. The summed E-state index contributed by atoms with van der Waals surface area (Å²) in [5.74, 6) is 0.197. The molecule has 3 saturated heterocycles. The number of ether oxygens (including phenoxy) is 1. The molecule has 0 radical (unpaired) electrons. The van der Waals surface area contributed by atoms with Gasteiger partial charge in [0.15, 0.2) is 0 Å². The molecule has 4 rings (SSSR count). The van der Waals surface area contributed by atoms with Gasteiger partial charge in [-0.05, 0) is 31.7 Å². The Bertz CT molecular complexity index is 609. The second-order valence-electron chi connectivity index (χ2n) is 8.00. The van der Waals surface area contributed by atoms with E-state index in [1.807, 2.05) is 0 Å². The zero-order valence-electron chi connectivity index (χ0n) is 15.8. The second kappa shape index (κ2) is 8.07. The first-order valence-corrected chi connectivity index (χ1v) is 10.2. The van der Waals surface area contributed by atoms with Crippen LogP contribution in [0.2, 0.25) is 0 Å². The van der Waals surface area contributed by atoms with Crippen LogP contribution in [0, 0.1) is 0 Å². The number of likely N-dealkylation sites (tertiary alicyclic amines) is 1. The van der Waals surface area contributed by atoms with Crippen molar-refractivity contribution < 1.29 is 9.53 Å². The zero-order valence-corrected chi connectivity index (χ0v) is 15.8. The number of rotatable bonds is 3. The highest BCUT2D eigenvalue weighted by atomic mass is 16.5. The molecular weight excluding hydrogens is 326 g/mol. The number of benzene rings is 1. The Kier molecular flexibility index (Phi) is 5.57. The van der Waals surface area contributed by atoms with Gasteiger partial charge in [0.25, 0.3) is 0 Å². The standard InChI is InChI=1S/C21H31N3O2/c1-16-15-26-12-11-23(16)18-13-20(22-21(25)14-18)24-10-6-5-9-19(24)17-7-3-2-4-8-17/h2-4,7-8,16,18-20H,5-6,9-15H2,1H3,(H,22,25)/t16-,18?,19-,20?/m1/s1. The van der Waals surface area contributed by atoms with Crippen molar-refractivity contribution in [2.24, 2.45) is 0 Å². The maximum Gasteiger partial charge on any atom is 0.222 e. The molecule has 26 heavy (non-hydrogen) atoms. The van der Waals surface area contributed by atoms with Crippen molar-refractivity contribution in [2.75, 3.05) is 26.3 Å². The third-order valence-corrected chi connectivity index (χ3v) is 6.26. The van der Waals surface area contributed by atoms with Gasteiger partial charge in [0.1, 0.15) is 0 Å². The van der Waals surface area contributed by atoms with Gasteiger partial charge < -0.3 is 10.1 Å². The van der Waals surface area contributed by atoms with Crippen LogP contribution in [-0.4, -0.2) is 60.3 Å². The predicted molar refractivity (Wildman–Crippen MR) is 102 cm³/mol. The molecule has 0 bridgehead atoms. The highest BCUT2D eigenvalue weighted by Gasteiger charge is 2.39. The number of nitrogens with one attached hydrogen (secondary N) is 1. The molecule has 3 aliphatic heterocycles. The largest absolute Gasteiger partial charge is 0.379 e. The van der Waals surface area contributed by atoms with E-state index < -0.39 is 0 Å². The summed E-state index contributed by atoms with van der Waals surface area (Å²) < 4.78 is 5.60. The average molecular weight is 357 g/mol. The van der Waals surface area contributed by atoms with E-state index >= 15 is 0 Å². The third kappa shape index (κ3) is 3.80. The smallest absolute Gasteiger partial charge is 0.222 e. The fourth-order valence-electron chi connectivity index (χ4n) is 4.97. The van der Waals surface area contributed by atoms with Gasteiger partial charge in [0.2, 0.25) is 5.91 Å². The Morgan fingerprint density at radius 3 is 2.77 bits per heavy atom. The molecule has 3 aliphatic rings. The van der Waals surface area contributed by atoms with Gasteiger partial charge in [-0.3, -0.25) is 14.6 Å². The van der Waals surface area contributed by atoms with Gasteiger partial charge in [-0.25, -0.2) is 0 Å². The summed E-state index contributed by atoms with van der Waals surface area (Å²) in [6, 6.07) is 11.9. The van der Waals surface area contributed by atoms with Crippen LogP contribution in [0.3, 0.4) is 0 Å². The first kappa shape index (κ1) is 18.0. The molecule has 1 aromatic carbocycles. The number of hydrogen-bond acceptors (Lipinski definition) is 4. The molecule has 142 valence electrons. The van der Waals surface area contributed by atoms with E-state index in [1.54, 1.807) is 0 Å². The van der Waals surface area contributed by atoms with E-state index in [9.17, 15) is 4.79 Å². The van der Waals surface area contributed by atoms with Crippen molar-refractivity contribution in [3.63, 3.8) is 0 Å². The van der Waals surface area contributed by atoms with Crippen LogP contribution in [-0.2, 0) is 9.53 Å². The molecule has 3 heterocycles. The van der Waals surface area contributed by atoms with Gasteiger partial charge in [-0.2, -0.15) is 0 Å². The first-order chi connectivity index (χ1) is 12.7. The predicted octanol–water partition coefficient (Wildman–Crippen LogP) is 2.54. The maximum atomic E-state index is 12.5. The highest BCUT2D eigenvalue weighted by Crippen LogP contribution is 2.34. The summed E-state index contributed by atoms with van der Waals surface area (Å²) in [5, 5.41) is 3.30. The number of amides is 1. The molecule has 4 atom stereocenters. The first-order valence-electron chi connectivity index (χ1n) is 10.2. The number of piperidine rings is 2. The molecule has 5 nitrogen and oxygen atoms in total. The third-order valence-electron chi connectivity index (χ3n) is 6.26. The quantitative estimate of drug-likeness (QED) is 0.903. The SMILES string of the molecule is C[C@@H]1COCCN1C1CC(=O)NC(N2CCCC[C@@H]2c2ccccc2)C1. The summed E-state index contributed by atoms with van der Waals surface area (Å²) in [6.07, 6.45) is 5.43. The van der Waals surface area contributed by atoms with Gasteiger partial charge >= 0.3 is 0 Å². The fourth-order valence-corrected chi connectivity index (χ4v) is 4.97. The number of hydrogen-bond donors (Lipinski definition) is 1. The van der Waals surface area contributed by atoms with Crippen molar-refractivity contribution >= 4 is 5.91 Å². The van der Waals surface area contributed by atoms with E-state index in [4.69, 9.17) is 4.74 Å². The molecule has 2 unspecified atom stereocenters. The van der Waals surface area contributed by atoms with Crippen molar-refractivity contribution in [3.8, 4) is 0 Å². The van der Waals surface area contributed by atoms with Crippen molar-refractivity contribution in [2.45, 2.75) is 63.3 Å². The highest BCUT2D eigenvalue weighted by molar-refractivity contribution is 5.77. The van der Waals surface area contributed by atoms with Crippen LogP contribution >= 0.6 is 0 Å². The van der Waals surface area contributed by atoms with Crippen molar-refractivity contribution in [1.82, 2.24) is 15.1 Å². The van der Waals surface area contributed by atoms with Crippen LogP contribution in [0.4, 0.5) is 0 Å². The van der Waals surface area contributed by atoms with Crippen molar-refractivity contribution in [1.29, 1.82) is 0 Å². The van der Waals surface area contributed by atoms with Gasteiger partial charge in [-0.1, -0.05) is 36.8 Å². The van der Waals surface area contributed by atoms with E-state index in [2.05, 4.69) is 52.4 Å². The summed E-state index contributed by atoms with van der Waals surface area (Å²) in [5.41, 5.74) is 1.38. The lowest BCUT2D eigenvalue weighted by Gasteiger charge is -2.48. The topological polar surface area (TPSA) is 44.8 Å². The van der Waals surface area contributed by atoms with E-state index in [-0.39, 0.29) is 12.1 Å². The molecule has 0 saturated carbocycles. The number of carbonyl (C=O) groups is 1. The Balaban J connectivity index is 1.52. The second-order valence-corrected chi connectivity index (χ2v) is 8.00. The fraction of sp³-hybridized carbons (Fsp3) is 0.667. The average Bonchev–Trinajstić information content (AvgIpc) is 2.68. The van der Waals surface area contributed by atoms with Crippen LogP contribution < -0.4 is 5.32 Å². The minimum Gasteiger partial charge on any atom is -0.379 e. The summed E-state index contributed by atoms with van der Waals surface area (Å²) in [6.45, 7) is 5.78. The number of carbonyl (C=O) groups excluding carboxylic acids is 1. The number of nitrogens with zero attached hydrogens (tertiary/aromatic N) is 2. The number of morpholine rings is 1. The summed E-state index contributed by atoms with van der Waals surface area (Å²) >= 11 is 0. The van der Waals surface area contributed by atoms with Crippen molar-refractivity contribution in [3.05, 3.63) is 35.9 Å². The molecule has 3 fully saturated rings. The normalized spacial score (nSPS) is 34.4.